The molecule has 0 saturated heterocycles. The fourth-order valence-corrected chi connectivity index (χ4v) is 1.72. The minimum atomic E-state index is -0.461. The van der Waals surface area contributed by atoms with Gasteiger partial charge in [0.2, 0.25) is 0 Å². The Hall–Kier alpha value is -2.36. The maximum absolute atomic E-state index is 11.0. The lowest BCUT2D eigenvalue weighted by atomic mass is 10.1. The zero-order chi connectivity index (χ0) is 15.5. The summed E-state index contributed by atoms with van der Waals surface area (Å²) in [5, 5.41) is 0. The van der Waals surface area contributed by atoms with Gasteiger partial charge in [-0.3, -0.25) is 0 Å². The molecule has 0 saturated carbocycles. The molecule has 1 aromatic carbocycles. The molecule has 112 valence electrons. The van der Waals surface area contributed by atoms with Crippen LogP contribution in [0.3, 0.4) is 0 Å². The van der Waals surface area contributed by atoms with E-state index in [-0.39, 0.29) is 5.97 Å². The van der Waals surface area contributed by atoms with Crippen LogP contribution in [0.15, 0.2) is 49.6 Å². The Bertz CT molecular complexity index is 488. The van der Waals surface area contributed by atoms with E-state index < -0.39 is 5.97 Å². The fraction of sp³-hybridized carbons (Fsp3) is 0.294. The molecule has 4 nitrogen and oxygen atoms in total. The van der Waals surface area contributed by atoms with Gasteiger partial charge in [0, 0.05) is 12.2 Å². The highest BCUT2D eigenvalue weighted by Gasteiger charge is 2.00. The predicted octanol–water partition coefficient (Wildman–Crippen LogP) is 3.22. The van der Waals surface area contributed by atoms with Gasteiger partial charge in [-0.25, -0.2) is 9.59 Å². The van der Waals surface area contributed by atoms with Crippen LogP contribution < -0.4 is 4.74 Å². The molecule has 0 heterocycles. The molecule has 0 aliphatic rings. The number of esters is 2. The van der Waals surface area contributed by atoms with Crippen LogP contribution in [-0.2, 0) is 20.7 Å². The molecule has 21 heavy (non-hydrogen) atoms. The summed E-state index contributed by atoms with van der Waals surface area (Å²) >= 11 is 0. The molecule has 0 bridgehead atoms. The van der Waals surface area contributed by atoms with Crippen molar-refractivity contribution in [1.29, 1.82) is 0 Å². The van der Waals surface area contributed by atoms with Gasteiger partial charge in [0.1, 0.15) is 5.75 Å². The van der Waals surface area contributed by atoms with E-state index in [1.165, 1.54) is 11.6 Å². The molecule has 1 rings (SSSR count). The normalized spacial score (nSPS) is 9.71. The van der Waals surface area contributed by atoms with E-state index in [2.05, 4.69) is 13.2 Å². The van der Waals surface area contributed by atoms with E-state index in [0.29, 0.717) is 12.4 Å². The molecule has 4 heteroatoms. The number of hydrogen-bond acceptors (Lipinski definition) is 4. The first-order valence-corrected chi connectivity index (χ1v) is 6.88. The second-order valence-electron chi connectivity index (χ2n) is 4.45. The van der Waals surface area contributed by atoms with Crippen LogP contribution in [-0.4, -0.2) is 18.5 Å². The second kappa shape index (κ2) is 9.53. The smallest absolute Gasteiger partial charge is 0.335 e. The highest BCUT2D eigenvalue weighted by molar-refractivity contribution is 5.83. The molecule has 0 aliphatic heterocycles. The summed E-state index contributed by atoms with van der Waals surface area (Å²) in [6.45, 7) is 7.11. The Morgan fingerprint density at radius 2 is 1.62 bits per heavy atom. The van der Waals surface area contributed by atoms with Crippen molar-refractivity contribution in [3.8, 4) is 5.75 Å². The van der Waals surface area contributed by atoms with Crippen molar-refractivity contribution in [3.63, 3.8) is 0 Å². The van der Waals surface area contributed by atoms with E-state index in [9.17, 15) is 9.59 Å². The van der Waals surface area contributed by atoms with Gasteiger partial charge in [0.15, 0.2) is 0 Å². The second-order valence-corrected chi connectivity index (χ2v) is 4.45. The van der Waals surface area contributed by atoms with Gasteiger partial charge >= 0.3 is 11.9 Å². The third-order valence-electron chi connectivity index (χ3n) is 2.83. The maximum Gasteiger partial charge on any atom is 0.335 e. The molecule has 1 aromatic rings. The van der Waals surface area contributed by atoms with Crippen LogP contribution in [0.1, 0.15) is 24.8 Å². The molecule has 0 atom stereocenters. The van der Waals surface area contributed by atoms with Crippen molar-refractivity contribution in [1.82, 2.24) is 0 Å². The van der Waals surface area contributed by atoms with E-state index in [0.717, 1.165) is 31.8 Å². The van der Waals surface area contributed by atoms with Gasteiger partial charge in [-0.1, -0.05) is 25.3 Å². The average Bonchev–Trinajstić information content (AvgIpc) is 2.51. The van der Waals surface area contributed by atoms with E-state index in [1.807, 2.05) is 12.1 Å². The molecule has 0 fully saturated rings. The largest absolute Gasteiger partial charge is 0.463 e. The lowest BCUT2D eigenvalue weighted by Crippen LogP contribution is -2.03. The quantitative estimate of drug-likeness (QED) is 0.303. The zero-order valence-corrected chi connectivity index (χ0v) is 12.0. The third kappa shape index (κ3) is 7.11. The number of unbranched alkanes of at least 4 members (excludes halogenated alkanes) is 2. The molecule has 0 amide bonds. The van der Waals surface area contributed by atoms with Crippen molar-refractivity contribution >= 4 is 11.9 Å². The minimum absolute atomic E-state index is 0.375. The third-order valence-corrected chi connectivity index (χ3v) is 2.83. The zero-order valence-electron chi connectivity index (χ0n) is 12.0. The summed E-state index contributed by atoms with van der Waals surface area (Å²) in [6, 6.07) is 7.40. The topological polar surface area (TPSA) is 52.6 Å². The molecule has 0 N–H and O–H groups in total. The number of hydrogen-bond donors (Lipinski definition) is 0. The highest BCUT2D eigenvalue weighted by atomic mass is 16.5. The molecule has 0 aliphatic carbocycles. The van der Waals surface area contributed by atoms with Crippen LogP contribution in [0, 0.1) is 0 Å². The predicted molar refractivity (Wildman–Crippen MR) is 81.0 cm³/mol. The maximum atomic E-state index is 11.0. The summed E-state index contributed by atoms with van der Waals surface area (Å²) in [7, 11) is 0. The van der Waals surface area contributed by atoms with Crippen LogP contribution in [0.25, 0.3) is 0 Å². The van der Waals surface area contributed by atoms with Crippen molar-refractivity contribution in [3.05, 3.63) is 55.1 Å². The summed E-state index contributed by atoms with van der Waals surface area (Å²) < 4.78 is 9.89. The first-order chi connectivity index (χ1) is 10.2. The summed E-state index contributed by atoms with van der Waals surface area (Å²) in [4.78, 5) is 21.8. The number of ether oxygens (including phenoxy) is 2. The van der Waals surface area contributed by atoms with Crippen molar-refractivity contribution in [2.45, 2.75) is 25.7 Å². The van der Waals surface area contributed by atoms with Gasteiger partial charge in [0.05, 0.1) is 6.61 Å². The highest BCUT2D eigenvalue weighted by Crippen LogP contribution is 2.14. The van der Waals surface area contributed by atoms with Crippen LogP contribution in [0.2, 0.25) is 0 Å². The average molecular weight is 288 g/mol. The number of rotatable bonds is 9. The van der Waals surface area contributed by atoms with Gasteiger partial charge in [0.25, 0.3) is 0 Å². The Morgan fingerprint density at radius 3 is 2.24 bits per heavy atom. The number of benzene rings is 1. The Kier molecular flexibility index (Phi) is 7.58. The number of carbonyl (C=O) groups excluding carboxylic acids is 2. The minimum Gasteiger partial charge on any atom is -0.463 e. The Morgan fingerprint density at radius 1 is 0.952 bits per heavy atom. The number of carbonyl (C=O) groups is 2. The van der Waals surface area contributed by atoms with Crippen molar-refractivity contribution in [2.75, 3.05) is 6.61 Å². The monoisotopic (exact) mass is 288 g/mol. The molecule has 0 radical (unpaired) electrons. The standard InChI is InChI=1S/C17H20O4/c1-3-16(18)20-13-7-5-6-8-14-9-11-15(12-10-14)21-17(19)4-2/h3-4,9-12H,1-2,5-8,13H2. The lowest BCUT2D eigenvalue weighted by molar-refractivity contribution is -0.137. The molecular weight excluding hydrogens is 268 g/mol. The van der Waals surface area contributed by atoms with Crippen molar-refractivity contribution in [2.24, 2.45) is 0 Å². The Balaban J connectivity index is 2.20. The van der Waals surface area contributed by atoms with E-state index >= 15 is 0 Å². The molecular formula is C17H20O4. The van der Waals surface area contributed by atoms with Gasteiger partial charge < -0.3 is 9.47 Å². The van der Waals surface area contributed by atoms with Gasteiger partial charge in [-0.05, 0) is 43.4 Å². The van der Waals surface area contributed by atoms with Gasteiger partial charge in [-0.2, -0.15) is 0 Å². The Labute approximate surface area is 125 Å². The van der Waals surface area contributed by atoms with E-state index in [1.54, 1.807) is 12.1 Å². The van der Waals surface area contributed by atoms with Crippen LogP contribution in [0.4, 0.5) is 0 Å². The summed E-state index contributed by atoms with van der Waals surface area (Å²) in [5.41, 5.74) is 1.18. The first kappa shape index (κ1) is 16.7. The van der Waals surface area contributed by atoms with E-state index in [4.69, 9.17) is 9.47 Å². The number of aryl methyl sites for hydroxylation is 1. The fourth-order valence-electron chi connectivity index (χ4n) is 1.72. The molecule has 0 unspecified atom stereocenters. The SMILES string of the molecule is C=CC(=O)OCCCCCc1ccc(OC(=O)C=C)cc1. The van der Waals surface area contributed by atoms with Crippen LogP contribution >= 0.6 is 0 Å². The molecule has 0 spiro atoms. The van der Waals surface area contributed by atoms with Crippen molar-refractivity contribution < 1.29 is 19.1 Å². The molecule has 0 aromatic heterocycles. The van der Waals surface area contributed by atoms with Gasteiger partial charge in [-0.15, -0.1) is 0 Å². The summed E-state index contributed by atoms with van der Waals surface area (Å²) in [5.74, 6) is -0.323. The van der Waals surface area contributed by atoms with Crippen LogP contribution in [0.5, 0.6) is 5.75 Å². The lowest BCUT2D eigenvalue weighted by Gasteiger charge is -2.05. The summed E-state index contributed by atoms with van der Waals surface area (Å²) in [6.07, 6.45) is 6.07. The first-order valence-electron chi connectivity index (χ1n) is 6.88.